The van der Waals surface area contributed by atoms with Crippen LogP contribution in [0.5, 0.6) is 0 Å². The Morgan fingerprint density at radius 3 is 2.33 bits per heavy atom. The van der Waals surface area contributed by atoms with Gasteiger partial charge in [-0.05, 0) is 73.5 Å². The lowest BCUT2D eigenvalue weighted by molar-refractivity contribution is 0.102. The molecule has 0 saturated heterocycles. The van der Waals surface area contributed by atoms with Gasteiger partial charge in [-0.2, -0.15) is 0 Å². The van der Waals surface area contributed by atoms with Gasteiger partial charge in [-0.25, -0.2) is 16.8 Å². The number of carbonyl (C=O) groups is 1. The standard InChI is InChI=1S/C28H24ClN3O5S2/c1-19-16-20-8-2-5-15-27(20)32(19)39(36,37)24-12-6-9-21(17-24)28(33)30-22-10-7-11-23(18-22)38(34,35)31-26-14-4-3-13-25(26)29/h2-15,17-19,31H,16H2,1H3,(H,30,33)/t19-/m0/s1. The molecule has 1 heterocycles. The number of fused-ring (bicyclic) bond motifs is 1. The Hall–Kier alpha value is -3.86. The summed E-state index contributed by atoms with van der Waals surface area (Å²) in [5, 5.41) is 2.90. The number of carbonyl (C=O) groups excluding carboxylic acids is 1. The molecule has 0 aliphatic carbocycles. The van der Waals surface area contributed by atoms with E-state index in [9.17, 15) is 21.6 Å². The number of rotatable bonds is 7. The predicted molar refractivity (Wildman–Crippen MR) is 152 cm³/mol. The van der Waals surface area contributed by atoms with E-state index in [1.807, 2.05) is 19.1 Å². The number of hydrogen-bond acceptors (Lipinski definition) is 5. The predicted octanol–water partition coefficient (Wildman–Crippen LogP) is 5.53. The molecule has 0 radical (unpaired) electrons. The summed E-state index contributed by atoms with van der Waals surface area (Å²) < 4.78 is 56.8. The first kappa shape index (κ1) is 26.7. The second-order valence-corrected chi connectivity index (χ2v) is 13.0. The number of nitrogens with zero attached hydrogens (tertiary/aromatic N) is 1. The Morgan fingerprint density at radius 2 is 1.54 bits per heavy atom. The van der Waals surface area contributed by atoms with Gasteiger partial charge in [0.2, 0.25) is 0 Å². The molecule has 4 aromatic rings. The molecule has 1 amide bonds. The van der Waals surface area contributed by atoms with Crippen molar-refractivity contribution in [1.82, 2.24) is 0 Å². The average Bonchev–Trinajstić information content (AvgIpc) is 3.26. The van der Waals surface area contributed by atoms with E-state index in [-0.39, 0.29) is 37.8 Å². The van der Waals surface area contributed by atoms with E-state index < -0.39 is 26.0 Å². The minimum absolute atomic E-state index is 0.0148. The molecule has 1 aliphatic heterocycles. The number of halogens is 1. The van der Waals surface area contributed by atoms with Crippen molar-refractivity contribution in [3.63, 3.8) is 0 Å². The SMILES string of the molecule is C[C@H]1Cc2ccccc2N1S(=O)(=O)c1cccc(C(=O)Nc2cccc(S(=O)(=O)Nc3ccccc3Cl)c2)c1. The lowest BCUT2D eigenvalue weighted by Crippen LogP contribution is -2.35. The number of hydrogen-bond donors (Lipinski definition) is 2. The van der Waals surface area contributed by atoms with Crippen molar-refractivity contribution in [3.8, 4) is 0 Å². The van der Waals surface area contributed by atoms with Crippen LogP contribution < -0.4 is 14.3 Å². The number of nitrogens with one attached hydrogen (secondary N) is 2. The number of anilines is 3. The van der Waals surface area contributed by atoms with Gasteiger partial charge in [0.15, 0.2) is 0 Å². The van der Waals surface area contributed by atoms with Crippen LogP contribution in [0.25, 0.3) is 0 Å². The van der Waals surface area contributed by atoms with Crippen LogP contribution in [0.15, 0.2) is 107 Å². The molecule has 5 rings (SSSR count). The second kappa shape index (κ2) is 10.4. The van der Waals surface area contributed by atoms with Gasteiger partial charge in [-0.3, -0.25) is 13.8 Å². The maximum atomic E-state index is 13.6. The van der Waals surface area contributed by atoms with E-state index in [2.05, 4.69) is 10.0 Å². The highest BCUT2D eigenvalue weighted by Crippen LogP contribution is 2.36. The van der Waals surface area contributed by atoms with Gasteiger partial charge in [0.05, 0.1) is 26.2 Å². The number of amides is 1. The van der Waals surface area contributed by atoms with E-state index in [0.717, 1.165) is 5.56 Å². The van der Waals surface area contributed by atoms with Crippen molar-refractivity contribution in [2.45, 2.75) is 29.2 Å². The van der Waals surface area contributed by atoms with E-state index in [1.54, 1.807) is 30.3 Å². The Morgan fingerprint density at radius 1 is 0.846 bits per heavy atom. The van der Waals surface area contributed by atoms with Crippen LogP contribution in [-0.2, 0) is 26.5 Å². The highest BCUT2D eigenvalue weighted by molar-refractivity contribution is 7.93. The molecule has 0 aromatic heterocycles. The van der Waals surface area contributed by atoms with Gasteiger partial charge in [0, 0.05) is 17.3 Å². The quantitative estimate of drug-likeness (QED) is 0.298. The molecule has 39 heavy (non-hydrogen) atoms. The fourth-order valence-corrected chi connectivity index (χ4v) is 7.61. The summed E-state index contributed by atoms with van der Waals surface area (Å²) in [5.74, 6) is -0.587. The third-order valence-electron chi connectivity index (χ3n) is 6.32. The fraction of sp³-hybridized carbons (Fsp3) is 0.107. The minimum atomic E-state index is -3.99. The van der Waals surface area contributed by atoms with Crippen LogP contribution in [0.4, 0.5) is 17.1 Å². The number of para-hydroxylation sites is 2. The molecule has 0 spiro atoms. The fourth-order valence-electron chi connectivity index (χ4n) is 4.51. The largest absolute Gasteiger partial charge is 0.322 e. The van der Waals surface area contributed by atoms with E-state index >= 15 is 0 Å². The first-order valence-corrected chi connectivity index (χ1v) is 15.3. The topological polar surface area (TPSA) is 113 Å². The molecule has 200 valence electrons. The summed E-state index contributed by atoms with van der Waals surface area (Å²) in [6.45, 7) is 1.84. The summed E-state index contributed by atoms with van der Waals surface area (Å²) in [7, 11) is -7.93. The second-order valence-electron chi connectivity index (χ2n) is 9.08. The average molecular weight is 582 g/mol. The van der Waals surface area contributed by atoms with E-state index in [4.69, 9.17) is 11.6 Å². The Balaban J connectivity index is 1.38. The molecule has 2 N–H and O–H groups in total. The van der Waals surface area contributed by atoms with Gasteiger partial charge >= 0.3 is 0 Å². The lowest BCUT2D eigenvalue weighted by Gasteiger charge is -2.24. The maximum absolute atomic E-state index is 13.6. The molecule has 4 aromatic carbocycles. The first-order valence-electron chi connectivity index (χ1n) is 12.0. The smallest absolute Gasteiger partial charge is 0.264 e. The normalized spacial score (nSPS) is 15.0. The molecular formula is C28H24ClN3O5S2. The Kier molecular flexibility index (Phi) is 7.11. The highest BCUT2D eigenvalue weighted by atomic mass is 35.5. The molecule has 1 atom stereocenters. The van der Waals surface area contributed by atoms with Gasteiger partial charge in [-0.15, -0.1) is 0 Å². The maximum Gasteiger partial charge on any atom is 0.264 e. The van der Waals surface area contributed by atoms with Gasteiger partial charge in [-0.1, -0.05) is 54.1 Å². The summed E-state index contributed by atoms with van der Waals surface area (Å²) in [4.78, 5) is 13.0. The van der Waals surface area contributed by atoms with Crippen molar-refractivity contribution in [2.75, 3.05) is 14.3 Å². The van der Waals surface area contributed by atoms with Crippen molar-refractivity contribution in [2.24, 2.45) is 0 Å². The third-order valence-corrected chi connectivity index (χ3v) is 9.94. The summed E-state index contributed by atoms with van der Waals surface area (Å²) in [5.41, 5.74) is 2.13. The molecular weight excluding hydrogens is 558 g/mol. The van der Waals surface area contributed by atoms with Gasteiger partial charge < -0.3 is 5.32 Å². The molecule has 0 saturated carbocycles. The Bertz CT molecular complexity index is 1790. The van der Waals surface area contributed by atoms with Crippen molar-refractivity contribution in [1.29, 1.82) is 0 Å². The lowest BCUT2D eigenvalue weighted by atomic mass is 10.1. The van der Waals surface area contributed by atoms with Gasteiger partial charge in [0.25, 0.3) is 26.0 Å². The van der Waals surface area contributed by atoms with Crippen LogP contribution in [-0.4, -0.2) is 28.8 Å². The first-order chi connectivity index (χ1) is 18.6. The number of benzene rings is 4. The summed E-state index contributed by atoms with van der Waals surface area (Å²) in [6.07, 6.45) is 0.597. The Labute approximate surface area is 232 Å². The third kappa shape index (κ3) is 5.36. The van der Waals surface area contributed by atoms with Crippen molar-refractivity contribution < 1.29 is 21.6 Å². The zero-order chi connectivity index (χ0) is 27.8. The van der Waals surface area contributed by atoms with Crippen molar-refractivity contribution in [3.05, 3.63) is 113 Å². The molecule has 1 aliphatic rings. The molecule has 0 fully saturated rings. The monoisotopic (exact) mass is 581 g/mol. The number of sulfonamides is 2. The molecule has 0 bridgehead atoms. The van der Waals surface area contributed by atoms with E-state index in [1.165, 1.54) is 58.9 Å². The van der Waals surface area contributed by atoms with Gasteiger partial charge in [0.1, 0.15) is 0 Å². The van der Waals surface area contributed by atoms with Crippen LogP contribution in [0.2, 0.25) is 5.02 Å². The molecule has 0 unspecified atom stereocenters. The molecule has 8 nitrogen and oxygen atoms in total. The summed E-state index contributed by atoms with van der Waals surface area (Å²) >= 11 is 6.08. The van der Waals surface area contributed by atoms with Crippen molar-refractivity contribution >= 4 is 54.6 Å². The zero-order valence-electron chi connectivity index (χ0n) is 20.7. The van der Waals surface area contributed by atoms with Crippen LogP contribution in [0, 0.1) is 0 Å². The zero-order valence-corrected chi connectivity index (χ0v) is 23.1. The van der Waals surface area contributed by atoms with Crippen LogP contribution in [0.3, 0.4) is 0 Å². The highest BCUT2D eigenvalue weighted by Gasteiger charge is 2.36. The van der Waals surface area contributed by atoms with Crippen LogP contribution in [0.1, 0.15) is 22.8 Å². The van der Waals surface area contributed by atoms with E-state index in [0.29, 0.717) is 12.1 Å². The molecule has 11 heteroatoms. The summed E-state index contributed by atoms with van der Waals surface area (Å²) in [6, 6.07) is 25.0. The minimum Gasteiger partial charge on any atom is -0.322 e. The van der Waals surface area contributed by atoms with Crippen LogP contribution >= 0.6 is 11.6 Å².